The summed E-state index contributed by atoms with van der Waals surface area (Å²) < 4.78 is 11.9. The van der Waals surface area contributed by atoms with Crippen molar-refractivity contribution in [2.45, 2.75) is 70.6 Å². The Kier molecular flexibility index (Phi) is 13.2. The van der Waals surface area contributed by atoms with Gasteiger partial charge in [0.15, 0.2) is 11.6 Å². The van der Waals surface area contributed by atoms with Crippen LogP contribution in [0.5, 0.6) is 17.2 Å². The summed E-state index contributed by atoms with van der Waals surface area (Å²) in [4.78, 5) is 35.9. The maximum absolute atomic E-state index is 12.3. The summed E-state index contributed by atoms with van der Waals surface area (Å²) in [6, 6.07) is 6.84. The Morgan fingerprint density at radius 2 is 1.55 bits per heavy atom. The fourth-order valence-corrected chi connectivity index (χ4v) is 5.07. The minimum absolute atomic E-state index is 0.0462. The summed E-state index contributed by atoms with van der Waals surface area (Å²) in [5.41, 5.74) is 2.12. The Hall–Kier alpha value is -3.04. The summed E-state index contributed by atoms with van der Waals surface area (Å²) in [6.07, 6.45) is 3.85. The summed E-state index contributed by atoms with van der Waals surface area (Å²) >= 11 is 1.60. The van der Waals surface area contributed by atoms with Gasteiger partial charge in [0.25, 0.3) is 0 Å². The Morgan fingerprint density at radius 1 is 0.895 bits per heavy atom. The molecule has 0 aliphatic heterocycles. The number of ether oxygens (including phenoxy) is 2. The lowest BCUT2D eigenvalue weighted by Gasteiger charge is -2.19. The van der Waals surface area contributed by atoms with Crippen LogP contribution in [0, 0.1) is 0 Å². The van der Waals surface area contributed by atoms with E-state index in [1.165, 1.54) is 6.92 Å². The quantitative estimate of drug-likeness (QED) is 0.126. The lowest BCUT2D eigenvalue weighted by atomic mass is 10.0. The molecule has 0 unspecified atom stereocenters. The molecule has 0 saturated carbocycles. The number of benzene rings is 2. The molecule has 2 aromatic rings. The Bertz CT molecular complexity index is 1110. The molecule has 38 heavy (non-hydrogen) atoms. The largest absolute Gasteiger partial charge is 0.507 e. The van der Waals surface area contributed by atoms with Crippen molar-refractivity contribution in [1.82, 2.24) is 0 Å². The van der Waals surface area contributed by atoms with Crippen molar-refractivity contribution >= 4 is 29.3 Å². The highest BCUT2D eigenvalue weighted by molar-refractivity contribution is 7.99. The first-order valence-electron chi connectivity index (χ1n) is 13.0. The predicted molar refractivity (Wildman–Crippen MR) is 147 cm³/mol. The third kappa shape index (κ3) is 8.77. The highest BCUT2D eigenvalue weighted by Gasteiger charge is 2.20. The Labute approximate surface area is 228 Å². The summed E-state index contributed by atoms with van der Waals surface area (Å²) in [5, 5.41) is 28.9. The van der Waals surface area contributed by atoms with Crippen LogP contribution in [-0.4, -0.2) is 58.4 Å². The molecule has 0 bridgehead atoms. The summed E-state index contributed by atoms with van der Waals surface area (Å²) in [6.45, 7) is 5.35. The number of rotatable bonds is 18. The van der Waals surface area contributed by atoms with Crippen LogP contribution in [0.4, 0.5) is 0 Å². The Balaban J connectivity index is 2.11. The van der Waals surface area contributed by atoms with Crippen LogP contribution in [0.1, 0.15) is 84.7 Å². The molecule has 8 nitrogen and oxygen atoms in total. The normalized spacial score (nSPS) is 10.8. The van der Waals surface area contributed by atoms with Gasteiger partial charge >= 0.3 is 5.97 Å². The van der Waals surface area contributed by atoms with Gasteiger partial charge in [-0.05, 0) is 56.9 Å². The maximum Gasteiger partial charge on any atom is 0.303 e. The molecule has 2 aromatic carbocycles. The highest BCUT2D eigenvalue weighted by Crippen LogP contribution is 2.36. The molecule has 9 heteroatoms. The molecule has 0 saturated heterocycles. The smallest absolute Gasteiger partial charge is 0.303 e. The van der Waals surface area contributed by atoms with Gasteiger partial charge in [-0.3, -0.25) is 14.4 Å². The SMILES string of the molecule is CCCc1c(SCCCOc2ccc(C(=O)CO)c(OCCCC(=O)O)c2CCC)ccc(C(C)=O)c1O. The van der Waals surface area contributed by atoms with Gasteiger partial charge in [-0.15, -0.1) is 11.8 Å². The van der Waals surface area contributed by atoms with Crippen molar-refractivity contribution in [3.05, 3.63) is 46.5 Å². The third-order valence-corrected chi connectivity index (χ3v) is 7.05. The number of ketones is 2. The van der Waals surface area contributed by atoms with Crippen molar-refractivity contribution in [3.63, 3.8) is 0 Å². The fraction of sp³-hybridized carbons (Fsp3) is 0.483. The van der Waals surface area contributed by atoms with Crippen molar-refractivity contribution in [2.75, 3.05) is 25.6 Å². The van der Waals surface area contributed by atoms with Gasteiger partial charge in [0.1, 0.15) is 23.9 Å². The van der Waals surface area contributed by atoms with E-state index < -0.39 is 18.4 Å². The number of hydrogen-bond donors (Lipinski definition) is 3. The second kappa shape index (κ2) is 16.0. The van der Waals surface area contributed by atoms with Gasteiger partial charge in [-0.2, -0.15) is 0 Å². The van der Waals surface area contributed by atoms with Gasteiger partial charge in [0.05, 0.1) is 24.3 Å². The highest BCUT2D eigenvalue weighted by atomic mass is 32.2. The van der Waals surface area contributed by atoms with Crippen LogP contribution in [0.15, 0.2) is 29.2 Å². The molecule has 0 radical (unpaired) electrons. The lowest BCUT2D eigenvalue weighted by Crippen LogP contribution is -2.13. The van der Waals surface area contributed by atoms with Gasteiger partial charge < -0.3 is 24.8 Å². The number of aliphatic hydroxyl groups excluding tert-OH is 1. The van der Waals surface area contributed by atoms with Crippen molar-refractivity contribution in [1.29, 1.82) is 0 Å². The molecule has 0 aliphatic carbocycles. The van der Waals surface area contributed by atoms with Crippen molar-refractivity contribution in [2.24, 2.45) is 0 Å². The number of aliphatic hydroxyl groups is 1. The molecule has 0 aliphatic rings. The standard InChI is InChI=1S/C29H38O8S/c1-4-8-22-25(13-11-21(24(32)18-30)29(22)37-15-6-10-27(33)34)36-16-7-17-38-26-14-12-20(19(3)31)28(35)23(26)9-5-2/h11-14,30,35H,4-10,15-18H2,1-3H3,(H,33,34). The number of carbonyl (C=O) groups is 3. The van der Waals surface area contributed by atoms with E-state index in [0.717, 1.165) is 34.6 Å². The number of phenolic OH excluding ortho intramolecular Hbond substituents is 1. The molecule has 0 heterocycles. The average molecular weight is 547 g/mol. The molecule has 0 amide bonds. The lowest BCUT2D eigenvalue weighted by molar-refractivity contribution is -0.137. The van der Waals surface area contributed by atoms with Gasteiger partial charge in [-0.1, -0.05) is 26.7 Å². The molecular weight excluding hydrogens is 508 g/mol. The predicted octanol–water partition coefficient (Wildman–Crippen LogP) is 5.48. The van der Waals surface area contributed by atoms with Crippen LogP contribution in [0.3, 0.4) is 0 Å². The third-order valence-electron chi connectivity index (χ3n) is 5.87. The molecule has 3 N–H and O–H groups in total. The van der Waals surface area contributed by atoms with Crippen molar-refractivity contribution < 1.29 is 39.2 Å². The van der Waals surface area contributed by atoms with Crippen LogP contribution in [-0.2, 0) is 17.6 Å². The number of aliphatic carboxylic acids is 1. The maximum atomic E-state index is 12.3. The zero-order valence-corrected chi connectivity index (χ0v) is 23.2. The number of carbonyl (C=O) groups excluding carboxylic acids is 2. The summed E-state index contributed by atoms with van der Waals surface area (Å²) in [5.74, 6) is 0.181. The molecule has 0 aromatic heterocycles. The molecule has 0 fully saturated rings. The first-order chi connectivity index (χ1) is 18.2. The second-order valence-electron chi connectivity index (χ2n) is 8.89. The Morgan fingerprint density at radius 3 is 2.18 bits per heavy atom. The van der Waals surface area contributed by atoms with Gasteiger partial charge in [0.2, 0.25) is 0 Å². The van der Waals surface area contributed by atoms with E-state index in [2.05, 4.69) is 0 Å². The van der Waals surface area contributed by atoms with E-state index in [9.17, 15) is 24.6 Å². The minimum Gasteiger partial charge on any atom is -0.507 e. The molecular formula is C29H38O8S. The van der Waals surface area contributed by atoms with Crippen LogP contribution < -0.4 is 9.47 Å². The van der Waals surface area contributed by atoms with Crippen LogP contribution >= 0.6 is 11.8 Å². The molecule has 0 atom stereocenters. The first-order valence-corrected chi connectivity index (χ1v) is 14.0. The van der Waals surface area contributed by atoms with E-state index in [0.29, 0.717) is 49.4 Å². The molecule has 2 rings (SSSR count). The monoisotopic (exact) mass is 546 g/mol. The topological polar surface area (TPSA) is 130 Å². The van der Waals surface area contributed by atoms with Gasteiger partial charge in [0, 0.05) is 28.2 Å². The van der Waals surface area contributed by atoms with Crippen molar-refractivity contribution in [3.8, 4) is 17.2 Å². The zero-order valence-electron chi connectivity index (χ0n) is 22.4. The fourth-order valence-electron chi connectivity index (χ4n) is 4.05. The number of aromatic hydroxyl groups is 1. The molecule has 208 valence electrons. The number of hydrogen-bond acceptors (Lipinski definition) is 8. The average Bonchev–Trinajstić information content (AvgIpc) is 2.88. The molecule has 0 spiro atoms. The number of Topliss-reactive ketones (excluding diaryl/α,β-unsaturated/α-hetero) is 2. The number of carboxylic acids is 1. The first kappa shape index (κ1) is 31.2. The number of phenols is 1. The van der Waals surface area contributed by atoms with E-state index in [-0.39, 0.29) is 30.1 Å². The van der Waals surface area contributed by atoms with E-state index in [4.69, 9.17) is 14.6 Å². The van der Waals surface area contributed by atoms with E-state index in [1.54, 1.807) is 30.0 Å². The number of carboxylic acid groups (broad SMARTS) is 1. The van der Waals surface area contributed by atoms with Crippen LogP contribution in [0.25, 0.3) is 0 Å². The van der Waals surface area contributed by atoms with Crippen LogP contribution in [0.2, 0.25) is 0 Å². The number of thioether (sulfide) groups is 1. The second-order valence-corrected chi connectivity index (χ2v) is 10.0. The zero-order chi connectivity index (χ0) is 28.1. The summed E-state index contributed by atoms with van der Waals surface area (Å²) in [7, 11) is 0. The van der Waals surface area contributed by atoms with E-state index >= 15 is 0 Å². The van der Waals surface area contributed by atoms with Gasteiger partial charge in [-0.25, -0.2) is 0 Å². The minimum atomic E-state index is -0.921. The van der Waals surface area contributed by atoms with E-state index in [1.807, 2.05) is 19.9 Å².